The molecule has 4 nitrogen and oxygen atoms in total. The van der Waals surface area contributed by atoms with E-state index in [1.807, 2.05) is 18.2 Å². The molecule has 1 N–H and O–H groups in total. The van der Waals surface area contributed by atoms with Crippen molar-refractivity contribution in [1.82, 2.24) is 0 Å². The molecule has 5 heteroatoms. The number of rotatable bonds is 7. The van der Waals surface area contributed by atoms with Gasteiger partial charge in [-0.2, -0.15) is 0 Å². The monoisotopic (exact) mass is 376 g/mol. The Hall–Kier alpha value is -1.24. The SMILES string of the molecule is CCCCOc1cc(C=C(OC)C(=O)O)ccc1I. The number of carbonyl (C=O) groups is 1. The van der Waals surface area contributed by atoms with Crippen molar-refractivity contribution in [3.63, 3.8) is 0 Å². The van der Waals surface area contributed by atoms with E-state index < -0.39 is 5.97 Å². The lowest BCUT2D eigenvalue weighted by Crippen LogP contribution is -2.02. The van der Waals surface area contributed by atoms with Gasteiger partial charge in [0, 0.05) is 0 Å². The molecule has 1 aromatic rings. The van der Waals surface area contributed by atoms with Crippen LogP contribution in [0.3, 0.4) is 0 Å². The van der Waals surface area contributed by atoms with Crippen molar-refractivity contribution in [2.45, 2.75) is 19.8 Å². The van der Waals surface area contributed by atoms with Crippen molar-refractivity contribution in [3.8, 4) is 5.75 Å². The van der Waals surface area contributed by atoms with Crippen LogP contribution in [0.25, 0.3) is 6.08 Å². The number of ether oxygens (including phenoxy) is 2. The van der Waals surface area contributed by atoms with E-state index in [0.717, 1.165) is 27.7 Å². The molecule has 104 valence electrons. The summed E-state index contributed by atoms with van der Waals surface area (Å²) in [5, 5.41) is 8.91. The van der Waals surface area contributed by atoms with Crippen LogP contribution >= 0.6 is 22.6 Å². The Morgan fingerprint density at radius 2 is 2.21 bits per heavy atom. The van der Waals surface area contributed by atoms with E-state index in [1.54, 1.807) is 0 Å². The van der Waals surface area contributed by atoms with E-state index >= 15 is 0 Å². The van der Waals surface area contributed by atoms with Gasteiger partial charge in [-0.05, 0) is 52.8 Å². The molecule has 0 radical (unpaired) electrons. The quantitative estimate of drug-likeness (QED) is 0.342. The topological polar surface area (TPSA) is 55.8 Å². The lowest BCUT2D eigenvalue weighted by atomic mass is 10.2. The molecule has 0 saturated heterocycles. The Labute approximate surface area is 126 Å². The van der Waals surface area contributed by atoms with Gasteiger partial charge < -0.3 is 14.6 Å². The Kier molecular flexibility index (Phi) is 6.69. The van der Waals surface area contributed by atoms with Gasteiger partial charge in [-0.1, -0.05) is 19.4 Å². The summed E-state index contributed by atoms with van der Waals surface area (Å²) in [5.74, 6) is -0.418. The fourth-order valence-corrected chi connectivity index (χ4v) is 1.90. The number of unbranched alkanes of at least 4 members (excludes halogenated alkanes) is 1. The molecule has 1 rings (SSSR count). The van der Waals surface area contributed by atoms with Crippen LogP contribution in [0.5, 0.6) is 5.75 Å². The summed E-state index contributed by atoms with van der Waals surface area (Å²) < 4.78 is 11.5. The highest BCUT2D eigenvalue weighted by Crippen LogP contribution is 2.24. The van der Waals surface area contributed by atoms with E-state index in [9.17, 15) is 4.79 Å². The van der Waals surface area contributed by atoms with Crippen LogP contribution in [0.15, 0.2) is 24.0 Å². The molecule has 0 saturated carbocycles. The van der Waals surface area contributed by atoms with Crippen LogP contribution in [-0.2, 0) is 9.53 Å². The average Bonchev–Trinajstić information content (AvgIpc) is 2.39. The number of carboxylic acids is 1. The van der Waals surface area contributed by atoms with Crippen molar-refractivity contribution >= 4 is 34.6 Å². The van der Waals surface area contributed by atoms with Crippen LogP contribution in [0.1, 0.15) is 25.3 Å². The maximum Gasteiger partial charge on any atom is 0.371 e. The lowest BCUT2D eigenvalue weighted by Gasteiger charge is -2.09. The molecule has 0 aliphatic rings. The Balaban J connectivity index is 2.91. The van der Waals surface area contributed by atoms with Gasteiger partial charge in [-0.25, -0.2) is 4.79 Å². The summed E-state index contributed by atoms with van der Waals surface area (Å²) in [6.07, 6.45) is 3.54. The van der Waals surface area contributed by atoms with Gasteiger partial charge in [0.05, 0.1) is 17.3 Å². The lowest BCUT2D eigenvalue weighted by molar-refractivity contribution is -0.135. The van der Waals surface area contributed by atoms with Gasteiger partial charge in [0.25, 0.3) is 0 Å². The van der Waals surface area contributed by atoms with Gasteiger partial charge in [0.2, 0.25) is 5.76 Å². The largest absolute Gasteiger partial charge is 0.492 e. The second-order valence-electron chi connectivity index (χ2n) is 3.91. The van der Waals surface area contributed by atoms with Crippen LogP contribution in [-0.4, -0.2) is 24.8 Å². The number of halogens is 1. The van der Waals surface area contributed by atoms with E-state index in [4.69, 9.17) is 14.6 Å². The highest BCUT2D eigenvalue weighted by Gasteiger charge is 2.08. The summed E-state index contributed by atoms with van der Waals surface area (Å²) >= 11 is 2.19. The predicted molar refractivity (Wildman–Crippen MR) is 82.2 cm³/mol. The molecule has 0 aromatic heterocycles. The van der Waals surface area contributed by atoms with Gasteiger partial charge in [-0.15, -0.1) is 0 Å². The van der Waals surface area contributed by atoms with Crippen molar-refractivity contribution in [2.75, 3.05) is 13.7 Å². The molecule has 0 unspecified atom stereocenters. The molecule has 0 aliphatic carbocycles. The zero-order valence-corrected chi connectivity index (χ0v) is 13.1. The number of aliphatic carboxylic acids is 1. The number of hydrogen-bond donors (Lipinski definition) is 1. The van der Waals surface area contributed by atoms with E-state index in [2.05, 4.69) is 29.5 Å². The molecule has 0 heterocycles. The van der Waals surface area contributed by atoms with Crippen LogP contribution in [0.2, 0.25) is 0 Å². The summed E-state index contributed by atoms with van der Waals surface area (Å²) in [4.78, 5) is 10.9. The van der Waals surface area contributed by atoms with Crippen molar-refractivity contribution in [3.05, 3.63) is 33.1 Å². The maximum absolute atomic E-state index is 10.9. The molecule has 19 heavy (non-hydrogen) atoms. The molecular weight excluding hydrogens is 359 g/mol. The second kappa shape index (κ2) is 8.04. The third-order valence-corrected chi connectivity index (χ3v) is 3.33. The number of methoxy groups -OCH3 is 1. The highest BCUT2D eigenvalue weighted by molar-refractivity contribution is 14.1. The number of hydrogen-bond acceptors (Lipinski definition) is 3. The van der Waals surface area contributed by atoms with Gasteiger partial charge in [0.15, 0.2) is 0 Å². The first-order valence-electron chi connectivity index (χ1n) is 5.99. The summed E-state index contributed by atoms with van der Waals surface area (Å²) in [5.41, 5.74) is 0.742. The normalized spacial score (nSPS) is 11.2. The van der Waals surface area contributed by atoms with E-state index in [-0.39, 0.29) is 5.76 Å². The smallest absolute Gasteiger partial charge is 0.371 e. The maximum atomic E-state index is 10.9. The summed E-state index contributed by atoms with van der Waals surface area (Å²) in [6, 6.07) is 5.54. The first kappa shape index (κ1) is 15.8. The minimum Gasteiger partial charge on any atom is -0.492 e. The van der Waals surface area contributed by atoms with Crippen LogP contribution in [0.4, 0.5) is 0 Å². The first-order chi connectivity index (χ1) is 9.08. The molecule has 0 bridgehead atoms. The van der Waals surface area contributed by atoms with E-state index in [1.165, 1.54) is 13.2 Å². The minimum atomic E-state index is -1.09. The number of benzene rings is 1. The Bertz CT molecular complexity index is 469. The molecular formula is C14H17IO4. The standard InChI is InChI=1S/C14H17IO4/c1-3-4-7-19-12-8-10(5-6-11(12)15)9-13(18-2)14(16)17/h5-6,8-9H,3-4,7H2,1-2H3,(H,16,17). The molecule has 0 spiro atoms. The minimum absolute atomic E-state index is 0.0966. The molecule has 0 amide bonds. The summed E-state index contributed by atoms with van der Waals surface area (Å²) in [7, 11) is 1.34. The van der Waals surface area contributed by atoms with Crippen molar-refractivity contribution in [1.29, 1.82) is 0 Å². The zero-order chi connectivity index (χ0) is 14.3. The third kappa shape index (κ3) is 5.10. The second-order valence-corrected chi connectivity index (χ2v) is 5.07. The van der Waals surface area contributed by atoms with Crippen molar-refractivity contribution < 1.29 is 19.4 Å². The van der Waals surface area contributed by atoms with Crippen LogP contribution < -0.4 is 4.74 Å². The van der Waals surface area contributed by atoms with Gasteiger partial charge in [-0.3, -0.25) is 0 Å². The van der Waals surface area contributed by atoms with Gasteiger partial charge >= 0.3 is 5.97 Å². The Morgan fingerprint density at radius 1 is 1.47 bits per heavy atom. The summed E-state index contributed by atoms with van der Waals surface area (Å²) in [6.45, 7) is 2.76. The predicted octanol–water partition coefficient (Wildman–Crippen LogP) is 3.54. The highest BCUT2D eigenvalue weighted by atomic mass is 127. The van der Waals surface area contributed by atoms with E-state index in [0.29, 0.717) is 6.61 Å². The molecule has 0 fully saturated rings. The molecule has 1 aromatic carbocycles. The fourth-order valence-electron chi connectivity index (χ4n) is 1.41. The van der Waals surface area contributed by atoms with Gasteiger partial charge in [0.1, 0.15) is 5.75 Å². The average molecular weight is 376 g/mol. The fraction of sp³-hybridized carbons (Fsp3) is 0.357. The number of carboxylic acid groups (broad SMARTS) is 1. The zero-order valence-electron chi connectivity index (χ0n) is 11.0. The first-order valence-corrected chi connectivity index (χ1v) is 7.07. The van der Waals surface area contributed by atoms with Crippen molar-refractivity contribution in [2.24, 2.45) is 0 Å². The van der Waals surface area contributed by atoms with Crippen LogP contribution in [0, 0.1) is 3.57 Å². The molecule has 0 atom stereocenters. The Morgan fingerprint density at radius 3 is 2.79 bits per heavy atom. The third-order valence-electron chi connectivity index (χ3n) is 2.44. The molecule has 0 aliphatic heterocycles.